The van der Waals surface area contributed by atoms with Crippen LogP contribution in [0.1, 0.15) is 15.9 Å². The molecule has 0 unspecified atom stereocenters. The number of hydrogen-bond donors (Lipinski definition) is 1. The SMILES string of the molecule is Cn1cnc(-c2ccc(F)cc2)c1NC(=O)c1ccc(C#N)cc1. The second-order valence-corrected chi connectivity index (χ2v) is 5.20. The molecule has 5 nitrogen and oxygen atoms in total. The largest absolute Gasteiger partial charge is 0.320 e. The van der Waals surface area contributed by atoms with Crippen molar-refractivity contribution in [3.63, 3.8) is 0 Å². The van der Waals surface area contributed by atoms with E-state index in [2.05, 4.69) is 10.3 Å². The summed E-state index contributed by atoms with van der Waals surface area (Å²) in [5, 5.41) is 11.6. The average Bonchev–Trinajstić information content (AvgIpc) is 2.96. The second kappa shape index (κ2) is 6.34. The van der Waals surface area contributed by atoms with Crippen LogP contribution in [0.15, 0.2) is 54.9 Å². The Hall–Kier alpha value is -3.46. The second-order valence-electron chi connectivity index (χ2n) is 5.20. The van der Waals surface area contributed by atoms with E-state index in [1.54, 1.807) is 54.3 Å². The molecule has 24 heavy (non-hydrogen) atoms. The number of halogens is 1. The maximum Gasteiger partial charge on any atom is 0.256 e. The number of aryl methyl sites for hydroxylation is 1. The van der Waals surface area contributed by atoms with E-state index in [0.29, 0.717) is 28.2 Å². The zero-order valence-electron chi connectivity index (χ0n) is 12.8. The van der Waals surface area contributed by atoms with E-state index in [1.165, 1.54) is 12.1 Å². The van der Waals surface area contributed by atoms with Crippen molar-refractivity contribution in [3.05, 3.63) is 71.8 Å². The van der Waals surface area contributed by atoms with E-state index in [0.717, 1.165) is 0 Å². The van der Waals surface area contributed by atoms with Crippen LogP contribution in [-0.2, 0) is 7.05 Å². The Balaban J connectivity index is 1.89. The molecule has 1 heterocycles. The molecule has 3 rings (SSSR count). The number of hydrogen-bond acceptors (Lipinski definition) is 3. The summed E-state index contributed by atoms with van der Waals surface area (Å²) < 4.78 is 14.8. The Morgan fingerprint density at radius 1 is 1.17 bits per heavy atom. The van der Waals surface area contributed by atoms with Gasteiger partial charge < -0.3 is 9.88 Å². The van der Waals surface area contributed by atoms with Crippen LogP contribution >= 0.6 is 0 Å². The van der Waals surface area contributed by atoms with Gasteiger partial charge in [0.05, 0.1) is 18.0 Å². The Morgan fingerprint density at radius 3 is 2.46 bits per heavy atom. The van der Waals surface area contributed by atoms with Gasteiger partial charge in [0.1, 0.15) is 17.3 Å². The highest BCUT2D eigenvalue weighted by Gasteiger charge is 2.15. The molecule has 3 aromatic rings. The minimum absolute atomic E-state index is 0.313. The molecular formula is C18H13FN4O. The third-order valence-corrected chi connectivity index (χ3v) is 3.56. The van der Waals surface area contributed by atoms with Gasteiger partial charge in [0.2, 0.25) is 0 Å². The van der Waals surface area contributed by atoms with Gasteiger partial charge in [-0.15, -0.1) is 0 Å². The number of carbonyl (C=O) groups is 1. The first-order valence-electron chi connectivity index (χ1n) is 7.17. The lowest BCUT2D eigenvalue weighted by Gasteiger charge is -2.09. The lowest BCUT2D eigenvalue weighted by molar-refractivity contribution is 0.102. The summed E-state index contributed by atoms with van der Waals surface area (Å²) in [5.41, 5.74) is 2.17. The van der Waals surface area contributed by atoms with Gasteiger partial charge in [0.25, 0.3) is 5.91 Å². The molecule has 0 aliphatic heterocycles. The van der Waals surface area contributed by atoms with Crippen LogP contribution in [0.25, 0.3) is 11.3 Å². The van der Waals surface area contributed by atoms with Crippen LogP contribution in [0.3, 0.4) is 0 Å². The number of aromatic nitrogens is 2. The maximum atomic E-state index is 13.1. The van der Waals surface area contributed by atoms with Crippen molar-refractivity contribution in [1.29, 1.82) is 5.26 Å². The molecule has 1 N–H and O–H groups in total. The highest BCUT2D eigenvalue weighted by molar-refractivity contribution is 6.05. The summed E-state index contributed by atoms with van der Waals surface area (Å²) >= 11 is 0. The zero-order valence-corrected chi connectivity index (χ0v) is 12.8. The van der Waals surface area contributed by atoms with E-state index in [1.807, 2.05) is 6.07 Å². The summed E-state index contributed by atoms with van der Waals surface area (Å²) in [4.78, 5) is 16.7. The number of amides is 1. The van der Waals surface area contributed by atoms with Crippen molar-refractivity contribution < 1.29 is 9.18 Å². The highest BCUT2D eigenvalue weighted by atomic mass is 19.1. The number of benzene rings is 2. The fourth-order valence-corrected chi connectivity index (χ4v) is 2.27. The Morgan fingerprint density at radius 2 is 1.83 bits per heavy atom. The topological polar surface area (TPSA) is 70.7 Å². The van der Waals surface area contributed by atoms with Gasteiger partial charge in [-0.25, -0.2) is 9.37 Å². The molecule has 0 atom stereocenters. The van der Waals surface area contributed by atoms with Crippen molar-refractivity contribution in [1.82, 2.24) is 9.55 Å². The van der Waals surface area contributed by atoms with Crippen molar-refractivity contribution in [2.24, 2.45) is 7.05 Å². The van der Waals surface area contributed by atoms with Crippen molar-refractivity contribution in [3.8, 4) is 17.3 Å². The number of nitriles is 1. The number of carbonyl (C=O) groups excluding carboxylic acids is 1. The summed E-state index contributed by atoms with van der Waals surface area (Å²) in [6.45, 7) is 0. The van der Waals surface area contributed by atoms with Gasteiger partial charge in [-0.3, -0.25) is 4.79 Å². The zero-order chi connectivity index (χ0) is 17.1. The molecule has 0 saturated heterocycles. The number of imidazole rings is 1. The summed E-state index contributed by atoms with van der Waals surface area (Å²) in [6.07, 6.45) is 1.58. The first-order valence-corrected chi connectivity index (χ1v) is 7.17. The van der Waals surface area contributed by atoms with Crippen molar-refractivity contribution in [2.45, 2.75) is 0 Å². The predicted octanol–water partition coefficient (Wildman–Crippen LogP) is 3.35. The smallest absolute Gasteiger partial charge is 0.256 e. The minimum atomic E-state index is -0.335. The van der Waals surface area contributed by atoms with Crippen LogP contribution in [0, 0.1) is 17.1 Å². The molecule has 6 heteroatoms. The van der Waals surface area contributed by atoms with Crippen LogP contribution in [0.4, 0.5) is 10.2 Å². The molecule has 0 aliphatic rings. The van der Waals surface area contributed by atoms with Crippen LogP contribution in [0.2, 0.25) is 0 Å². The highest BCUT2D eigenvalue weighted by Crippen LogP contribution is 2.26. The average molecular weight is 320 g/mol. The van der Waals surface area contributed by atoms with Crippen molar-refractivity contribution >= 4 is 11.7 Å². The number of nitrogens with one attached hydrogen (secondary N) is 1. The molecule has 0 radical (unpaired) electrons. The standard InChI is InChI=1S/C18H13FN4O/c1-23-11-21-16(13-6-8-15(19)9-7-13)17(23)22-18(24)14-4-2-12(10-20)3-5-14/h2-9,11H,1H3,(H,22,24). The Labute approximate surface area is 138 Å². The molecule has 1 amide bonds. The molecule has 0 bridgehead atoms. The van der Waals surface area contributed by atoms with E-state index < -0.39 is 0 Å². The van der Waals surface area contributed by atoms with E-state index >= 15 is 0 Å². The molecule has 1 aromatic heterocycles. The fraction of sp³-hybridized carbons (Fsp3) is 0.0556. The molecule has 2 aromatic carbocycles. The number of anilines is 1. The van der Waals surface area contributed by atoms with Gasteiger partial charge in [-0.05, 0) is 48.5 Å². The van der Waals surface area contributed by atoms with E-state index in [4.69, 9.17) is 5.26 Å². The minimum Gasteiger partial charge on any atom is -0.320 e. The summed E-state index contributed by atoms with van der Waals surface area (Å²) in [5.74, 6) is -0.139. The quantitative estimate of drug-likeness (QED) is 0.804. The third-order valence-electron chi connectivity index (χ3n) is 3.56. The molecule has 118 valence electrons. The Bertz CT molecular complexity index is 921. The summed E-state index contributed by atoms with van der Waals surface area (Å²) in [6, 6.07) is 14.2. The molecular weight excluding hydrogens is 307 g/mol. The fourth-order valence-electron chi connectivity index (χ4n) is 2.27. The lowest BCUT2D eigenvalue weighted by atomic mass is 10.1. The summed E-state index contributed by atoms with van der Waals surface area (Å²) in [7, 11) is 1.76. The van der Waals surface area contributed by atoms with Crippen LogP contribution in [-0.4, -0.2) is 15.5 Å². The van der Waals surface area contributed by atoms with Gasteiger partial charge in [0, 0.05) is 18.2 Å². The Kier molecular flexibility index (Phi) is 4.08. The number of nitrogens with zero attached hydrogens (tertiary/aromatic N) is 3. The van der Waals surface area contributed by atoms with Crippen LogP contribution < -0.4 is 5.32 Å². The van der Waals surface area contributed by atoms with Gasteiger partial charge in [0.15, 0.2) is 0 Å². The molecule has 0 spiro atoms. The first kappa shape index (κ1) is 15.4. The molecule has 0 saturated carbocycles. The monoisotopic (exact) mass is 320 g/mol. The first-order chi connectivity index (χ1) is 11.6. The van der Waals surface area contributed by atoms with E-state index in [9.17, 15) is 9.18 Å². The van der Waals surface area contributed by atoms with Gasteiger partial charge in [-0.1, -0.05) is 0 Å². The van der Waals surface area contributed by atoms with Gasteiger partial charge >= 0.3 is 0 Å². The van der Waals surface area contributed by atoms with Crippen LogP contribution in [0.5, 0.6) is 0 Å². The van der Waals surface area contributed by atoms with Gasteiger partial charge in [-0.2, -0.15) is 5.26 Å². The molecule has 0 fully saturated rings. The lowest BCUT2D eigenvalue weighted by Crippen LogP contribution is -2.14. The third kappa shape index (κ3) is 3.01. The van der Waals surface area contributed by atoms with Crippen molar-refractivity contribution in [2.75, 3.05) is 5.32 Å². The van der Waals surface area contributed by atoms with E-state index in [-0.39, 0.29) is 11.7 Å². The predicted molar refractivity (Wildman–Crippen MR) is 87.7 cm³/mol. The normalized spacial score (nSPS) is 10.2. The number of rotatable bonds is 3. The molecule has 0 aliphatic carbocycles. The maximum absolute atomic E-state index is 13.1.